The molecule has 4 aromatic rings. The lowest BCUT2D eigenvalue weighted by molar-refractivity contribution is -0.115. The number of hydrogen-bond donors (Lipinski definition) is 3. The summed E-state index contributed by atoms with van der Waals surface area (Å²) in [5.41, 5.74) is 9.21. The van der Waals surface area contributed by atoms with E-state index in [1.807, 2.05) is 61.5 Å². The molecule has 0 saturated heterocycles. The smallest absolute Gasteiger partial charge is 0.255 e. The summed E-state index contributed by atoms with van der Waals surface area (Å²) < 4.78 is 0. The largest absolute Gasteiger partial charge is 0.366 e. The maximum Gasteiger partial charge on any atom is 0.255 e. The second-order valence-corrected chi connectivity index (χ2v) is 9.33. The van der Waals surface area contributed by atoms with Crippen molar-refractivity contribution in [1.82, 2.24) is 0 Å². The van der Waals surface area contributed by atoms with E-state index >= 15 is 0 Å². The third kappa shape index (κ3) is 6.20. The van der Waals surface area contributed by atoms with Gasteiger partial charge in [-0.15, -0.1) is 11.8 Å². The lowest BCUT2D eigenvalue weighted by Crippen LogP contribution is -2.22. The van der Waals surface area contributed by atoms with Crippen LogP contribution in [0.4, 0.5) is 11.4 Å². The normalized spacial score (nSPS) is 11.4. The lowest BCUT2D eigenvalue weighted by atomic mass is 10.1. The Kier molecular flexibility index (Phi) is 7.82. The van der Waals surface area contributed by atoms with Gasteiger partial charge in [0.1, 0.15) is 5.25 Å². The van der Waals surface area contributed by atoms with E-state index in [1.54, 1.807) is 48.5 Å². The molecule has 0 aliphatic rings. The summed E-state index contributed by atoms with van der Waals surface area (Å²) >= 11 is 1.37. The number of carbonyl (C=O) groups excluding carboxylic acids is 3. The summed E-state index contributed by atoms with van der Waals surface area (Å²) in [4.78, 5) is 38.5. The molecule has 0 aromatic heterocycles. The van der Waals surface area contributed by atoms with Crippen LogP contribution in [0.2, 0.25) is 0 Å². The molecule has 4 N–H and O–H groups in total. The molecule has 4 aromatic carbocycles. The van der Waals surface area contributed by atoms with Crippen LogP contribution in [0, 0.1) is 6.92 Å². The Balaban J connectivity index is 1.51. The van der Waals surface area contributed by atoms with Gasteiger partial charge in [-0.1, -0.05) is 60.2 Å². The van der Waals surface area contributed by atoms with E-state index in [1.165, 1.54) is 11.8 Å². The van der Waals surface area contributed by atoms with Crippen molar-refractivity contribution in [1.29, 1.82) is 0 Å². The zero-order valence-corrected chi connectivity index (χ0v) is 20.4. The maximum absolute atomic E-state index is 13.3. The second-order valence-electron chi connectivity index (χ2n) is 8.15. The molecular weight excluding hydrogens is 470 g/mol. The summed E-state index contributed by atoms with van der Waals surface area (Å²) in [5, 5.41) is 5.16. The van der Waals surface area contributed by atoms with Crippen molar-refractivity contribution >= 4 is 40.9 Å². The van der Waals surface area contributed by atoms with Crippen LogP contribution < -0.4 is 16.4 Å². The van der Waals surface area contributed by atoms with Crippen LogP contribution in [0.25, 0.3) is 0 Å². The molecular formula is C29H25N3O3S. The van der Waals surface area contributed by atoms with Crippen molar-refractivity contribution in [2.45, 2.75) is 17.1 Å². The average Bonchev–Trinajstić information content (AvgIpc) is 2.89. The van der Waals surface area contributed by atoms with E-state index < -0.39 is 11.2 Å². The number of benzene rings is 4. The highest BCUT2D eigenvalue weighted by molar-refractivity contribution is 8.00. The molecule has 0 aliphatic heterocycles. The Labute approximate surface area is 213 Å². The monoisotopic (exact) mass is 495 g/mol. The zero-order chi connectivity index (χ0) is 25.5. The predicted octanol–water partition coefficient (Wildman–Crippen LogP) is 5.82. The van der Waals surface area contributed by atoms with Crippen molar-refractivity contribution in [3.63, 3.8) is 0 Å². The topological polar surface area (TPSA) is 101 Å². The molecule has 0 saturated carbocycles. The lowest BCUT2D eigenvalue weighted by Gasteiger charge is -2.18. The third-order valence-electron chi connectivity index (χ3n) is 5.47. The number of thioether (sulfide) groups is 1. The summed E-state index contributed by atoms with van der Waals surface area (Å²) in [6.45, 7) is 1.97. The molecule has 3 amide bonds. The Bertz CT molecular complexity index is 1370. The first kappa shape index (κ1) is 24.8. The fraction of sp³-hybridized carbons (Fsp3) is 0.0690. The van der Waals surface area contributed by atoms with Gasteiger partial charge in [0.25, 0.3) is 11.8 Å². The number of rotatable bonds is 8. The maximum atomic E-state index is 13.3. The van der Waals surface area contributed by atoms with E-state index in [-0.39, 0.29) is 17.4 Å². The number of aryl methyl sites for hydroxylation is 1. The second kappa shape index (κ2) is 11.4. The van der Waals surface area contributed by atoms with Crippen LogP contribution in [0.3, 0.4) is 0 Å². The Hall–Kier alpha value is -4.36. The fourth-order valence-electron chi connectivity index (χ4n) is 3.57. The number of nitrogens with one attached hydrogen (secondary N) is 2. The molecule has 0 spiro atoms. The van der Waals surface area contributed by atoms with Gasteiger partial charge in [0, 0.05) is 16.1 Å². The SMILES string of the molecule is Cc1ccc(C(=O)Nc2ccc(SC(C(=O)Nc3ccccc3C(N)=O)c3ccccc3)cc2)cc1. The van der Waals surface area contributed by atoms with Gasteiger partial charge in [-0.05, 0) is 61.0 Å². The first-order chi connectivity index (χ1) is 17.4. The quantitative estimate of drug-likeness (QED) is 0.268. The molecule has 6 nitrogen and oxygen atoms in total. The molecule has 7 heteroatoms. The summed E-state index contributed by atoms with van der Waals surface area (Å²) in [6.07, 6.45) is 0. The minimum Gasteiger partial charge on any atom is -0.366 e. The van der Waals surface area contributed by atoms with Gasteiger partial charge < -0.3 is 16.4 Å². The summed E-state index contributed by atoms with van der Waals surface area (Å²) in [5.74, 6) is -1.08. The van der Waals surface area contributed by atoms with Crippen molar-refractivity contribution < 1.29 is 14.4 Å². The molecule has 0 fully saturated rings. The minimum atomic E-state index is -0.613. The average molecular weight is 496 g/mol. The van der Waals surface area contributed by atoms with Gasteiger partial charge >= 0.3 is 0 Å². The van der Waals surface area contributed by atoms with Gasteiger partial charge in [0.2, 0.25) is 5.91 Å². The third-order valence-corrected chi connectivity index (χ3v) is 6.74. The minimum absolute atomic E-state index is 0.190. The molecule has 0 aliphatic carbocycles. The number of amides is 3. The highest BCUT2D eigenvalue weighted by atomic mass is 32.2. The standard InChI is InChI=1S/C29H25N3O3S/c1-19-11-13-21(14-12-19)28(34)31-22-15-17-23(18-16-22)36-26(20-7-3-2-4-8-20)29(35)32-25-10-6-5-9-24(25)27(30)33/h2-18,26H,1H3,(H2,30,33)(H,31,34)(H,32,35). The summed E-state index contributed by atoms with van der Waals surface area (Å²) in [6, 6.07) is 30.7. The number of primary amides is 1. The van der Waals surface area contributed by atoms with Crippen molar-refractivity contribution in [3.8, 4) is 0 Å². The number of hydrogen-bond acceptors (Lipinski definition) is 4. The molecule has 0 heterocycles. The van der Waals surface area contributed by atoms with Crippen molar-refractivity contribution in [2.75, 3.05) is 10.6 Å². The van der Waals surface area contributed by atoms with Gasteiger partial charge in [-0.25, -0.2) is 0 Å². The van der Waals surface area contributed by atoms with E-state index in [0.717, 1.165) is 16.0 Å². The van der Waals surface area contributed by atoms with Crippen LogP contribution in [0.1, 0.15) is 37.1 Å². The molecule has 4 rings (SSSR count). The van der Waals surface area contributed by atoms with E-state index in [4.69, 9.17) is 5.73 Å². The summed E-state index contributed by atoms with van der Waals surface area (Å²) in [7, 11) is 0. The fourth-order valence-corrected chi connectivity index (χ4v) is 4.59. The van der Waals surface area contributed by atoms with Crippen molar-refractivity contribution in [2.24, 2.45) is 5.73 Å². The van der Waals surface area contributed by atoms with Crippen LogP contribution in [0.15, 0.2) is 108 Å². The molecule has 0 radical (unpaired) electrons. The molecule has 180 valence electrons. The number of nitrogens with two attached hydrogens (primary N) is 1. The molecule has 36 heavy (non-hydrogen) atoms. The van der Waals surface area contributed by atoms with Gasteiger partial charge in [-0.3, -0.25) is 14.4 Å². The first-order valence-corrected chi connectivity index (χ1v) is 12.2. The Morgan fingerprint density at radius 1 is 0.750 bits per heavy atom. The van der Waals surface area contributed by atoms with Gasteiger partial charge in [-0.2, -0.15) is 0 Å². The first-order valence-electron chi connectivity index (χ1n) is 11.3. The molecule has 0 bridgehead atoms. The molecule has 1 atom stereocenters. The highest BCUT2D eigenvalue weighted by Gasteiger charge is 2.23. The number of para-hydroxylation sites is 1. The zero-order valence-electron chi connectivity index (χ0n) is 19.6. The Morgan fingerprint density at radius 3 is 2.06 bits per heavy atom. The van der Waals surface area contributed by atoms with Crippen LogP contribution >= 0.6 is 11.8 Å². The highest BCUT2D eigenvalue weighted by Crippen LogP contribution is 2.37. The number of anilines is 2. The van der Waals surface area contributed by atoms with E-state index in [0.29, 0.717) is 16.9 Å². The van der Waals surface area contributed by atoms with E-state index in [2.05, 4.69) is 10.6 Å². The van der Waals surface area contributed by atoms with Gasteiger partial charge in [0.05, 0.1) is 11.3 Å². The van der Waals surface area contributed by atoms with Crippen LogP contribution in [-0.4, -0.2) is 17.7 Å². The van der Waals surface area contributed by atoms with Gasteiger partial charge in [0.15, 0.2) is 0 Å². The van der Waals surface area contributed by atoms with Crippen LogP contribution in [-0.2, 0) is 4.79 Å². The number of carbonyl (C=O) groups is 3. The van der Waals surface area contributed by atoms with E-state index in [9.17, 15) is 14.4 Å². The Morgan fingerprint density at radius 2 is 1.39 bits per heavy atom. The molecule has 1 unspecified atom stereocenters. The predicted molar refractivity (Wildman–Crippen MR) is 144 cm³/mol. The van der Waals surface area contributed by atoms with Crippen LogP contribution in [0.5, 0.6) is 0 Å². The van der Waals surface area contributed by atoms with Crippen molar-refractivity contribution in [3.05, 3.63) is 125 Å².